The van der Waals surface area contributed by atoms with Gasteiger partial charge in [-0.3, -0.25) is 4.90 Å². The normalized spacial score (nSPS) is 17.9. The smallest absolute Gasteiger partial charge is 0.144 e. The lowest BCUT2D eigenvalue weighted by Gasteiger charge is -2.44. The van der Waals surface area contributed by atoms with E-state index in [-0.39, 0.29) is 11.3 Å². The average Bonchev–Trinajstić information content (AvgIpc) is 2.92. The van der Waals surface area contributed by atoms with Crippen LogP contribution in [0.2, 0.25) is 0 Å². The average molecular weight is 486 g/mol. The van der Waals surface area contributed by atoms with Crippen LogP contribution >= 0.6 is 0 Å². The van der Waals surface area contributed by atoms with Gasteiger partial charge in [-0.2, -0.15) is 0 Å². The van der Waals surface area contributed by atoms with Crippen molar-refractivity contribution in [2.24, 2.45) is 5.92 Å². The van der Waals surface area contributed by atoms with Gasteiger partial charge in [0.2, 0.25) is 0 Å². The van der Waals surface area contributed by atoms with Crippen molar-refractivity contribution in [3.8, 4) is 0 Å². The van der Waals surface area contributed by atoms with E-state index in [1.165, 1.54) is 12.0 Å². The Morgan fingerprint density at radius 1 is 0.667 bits per heavy atom. The fraction of sp³-hybridized carbons (Fsp3) is 0.455. The van der Waals surface area contributed by atoms with Gasteiger partial charge in [0.15, 0.2) is 0 Å². The van der Waals surface area contributed by atoms with Gasteiger partial charge in [-0.25, -0.2) is 0 Å². The van der Waals surface area contributed by atoms with Gasteiger partial charge < -0.3 is 10.2 Å². The summed E-state index contributed by atoms with van der Waals surface area (Å²) in [5, 5.41) is 24.5. The third-order valence-corrected chi connectivity index (χ3v) is 8.16. The van der Waals surface area contributed by atoms with Crippen LogP contribution in [0.25, 0.3) is 0 Å². The predicted octanol–water partition coefficient (Wildman–Crippen LogP) is 6.97. The quantitative estimate of drug-likeness (QED) is 0.362. The van der Waals surface area contributed by atoms with E-state index in [9.17, 15) is 10.2 Å². The Bertz CT molecular complexity index is 1040. The second-order valence-corrected chi connectivity index (χ2v) is 11.6. The molecule has 3 heteroatoms. The summed E-state index contributed by atoms with van der Waals surface area (Å²) in [5.41, 5.74) is 1.87. The maximum atomic E-state index is 12.3. The van der Waals surface area contributed by atoms with Crippen molar-refractivity contribution in [2.45, 2.75) is 76.5 Å². The number of piperidine rings is 1. The second kappa shape index (κ2) is 10.9. The molecule has 2 unspecified atom stereocenters. The van der Waals surface area contributed by atoms with Crippen molar-refractivity contribution < 1.29 is 10.2 Å². The van der Waals surface area contributed by atoms with Crippen LogP contribution in [-0.2, 0) is 16.7 Å². The molecule has 0 amide bonds. The van der Waals surface area contributed by atoms with Crippen molar-refractivity contribution in [1.29, 1.82) is 0 Å². The first-order valence-corrected chi connectivity index (χ1v) is 13.6. The van der Waals surface area contributed by atoms with E-state index in [0.29, 0.717) is 12.8 Å². The zero-order valence-corrected chi connectivity index (χ0v) is 22.5. The van der Waals surface area contributed by atoms with E-state index in [1.54, 1.807) is 0 Å². The third kappa shape index (κ3) is 5.44. The molecule has 0 radical (unpaired) electrons. The lowest BCUT2D eigenvalue weighted by atomic mass is 9.74. The number of likely N-dealkylation sites (tertiary alicyclic amines) is 1. The Morgan fingerprint density at radius 3 is 1.61 bits per heavy atom. The van der Waals surface area contributed by atoms with Gasteiger partial charge in [0.05, 0.1) is 0 Å². The first-order valence-electron chi connectivity index (χ1n) is 13.6. The van der Waals surface area contributed by atoms with Crippen LogP contribution < -0.4 is 0 Å². The molecule has 1 aliphatic rings. The first-order chi connectivity index (χ1) is 17.2. The fourth-order valence-corrected chi connectivity index (χ4v) is 5.73. The van der Waals surface area contributed by atoms with Crippen LogP contribution in [-0.4, -0.2) is 28.2 Å². The number of hydrogen-bond acceptors (Lipinski definition) is 3. The molecule has 36 heavy (non-hydrogen) atoms. The van der Waals surface area contributed by atoms with E-state index in [2.05, 4.69) is 56.9 Å². The predicted molar refractivity (Wildman–Crippen MR) is 149 cm³/mol. The molecule has 0 spiro atoms. The first kappa shape index (κ1) is 26.6. The lowest BCUT2D eigenvalue weighted by Crippen LogP contribution is -2.49. The fourth-order valence-electron chi connectivity index (χ4n) is 5.73. The van der Waals surface area contributed by atoms with Crippen molar-refractivity contribution in [3.63, 3.8) is 0 Å². The molecule has 1 saturated heterocycles. The minimum Gasteiger partial charge on any atom is -0.380 e. The molecule has 1 aliphatic heterocycles. The van der Waals surface area contributed by atoms with Gasteiger partial charge in [0.25, 0.3) is 0 Å². The molecule has 0 bridgehead atoms. The van der Waals surface area contributed by atoms with Gasteiger partial charge in [0, 0.05) is 13.1 Å². The molecule has 3 aromatic carbocycles. The summed E-state index contributed by atoms with van der Waals surface area (Å²) in [5.74, 6) is -0.104. The summed E-state index contributed by atoms with van der Waals surface area (Å²) >= 11 is 0. The molecule has 1 fully saturated rings. The van der Waals surface area contributed by atoms with Crippen LogP contribution in [0.4, 0.5) is 0 Å². The van der Waals surface area contributed by atoms with Crippen molar-refractivity contribution in [1.82, 2.24) is 4.90 Å². The molecule has 192 valence electrons. The molecular weight excluding hydrogens is 442 g/mol. The van der Waals surface area contributed by atoms with Crippen molar-refractivity contribution >= 4 is 0 Å². The molecular formula is C33H43NO2. The maximum absolute atomic E-state index is 12.3. The molecule has 0 saturated carbocycles. The van der Waals surface area contributed by atoms with E-state index in [0.717, 1.165) is 42.6 Å². The number of nitrogens with zero attached hydrogens (tertiary/aromatic N) is 1. The maximum Gasteiger partial charge on any atom is 0.144 e. The molecule has 1 heterocycles. The number of hydrogen-bond donors (Lipinski definition) is 2. The highest BCUT2D eigenvalue weighted by molar-refractivity contribution is 5.37. The molecule has 0 aromatic heterocycles. The van der Waals surface area contributed by atoms with Crippen LogP contribution in [0.5, 0.6) is 0 Å². The highest BCUT2D eigenvalue weighted by Gasteiger charge is 2.42. The van der Waals surface area contributed by atoms with Crippen LogP contribution in [0.15, 0.2) is 84.9 Å². The van der Waals surface area contributed by atoms with Gasteiger partial charge in [-0.1, -0.05) is 119 Å². The Labute approximate surface area is 217 Å². The minimum absolute atomic E-state index is 0.0676. The number of aliphatic hydroxyl groups is 2. The number of benzene rings is 3. The molecule has 2 atom stereocenters. The molecule has 3 aromatic rings. The Hall–Kier alpha value is -2.46. The monoisotopic (exact) mass is 485 g/mol. The Morgan fingerprint density at radius 2 is 1.14 bits per heavy atom. The van der Waals surface area contributed by atoms with Crippen molar-refractivity contribution in [3.05, 3.63) is 107 Å². The summed E-state index contributed by atoms with van der Waals surface area (Å²) in [6.45, 7) is 10.6. The lowest BCUT2D eigenvalue weighted by molar-refractivity contribution is -0.136. The SMILES string of the molecule is CC(CCC(O)(c1ccc(C(C)(C)C)cc1)N1CCCCC1)C(O)(c1ccccc1)c1ccccc1. The third-order valence-electron chi connectivity index (χ3n) is 8.16. The molecule has 2 N–H and O–H groups in total. The minimum atomic E-state index is -1.14. The summed E-state index contributed by atoms with van der Waals surface area (Å²) < 4.78 is 0. The van der Waals surface area contributed by atoms with Crippen molar-refractivity contribution in [2.75, 3.05) is 13.1 Å². The van der Waals surface area contributed by atoms with E-state index < -0.39 is 11.3 Å². The molecule has 4 rings (SSSR count). The van der Waals surface area contributed by atoms with E-state index in [4.69, 9.17) is 0 Å². The van der Waals surface area contributed by atoms with E-state index in [1.807, 2.05) is 60.7 Å². The summed E-state index contributed by atoms with van der Waals surface area (Å²) in [6, 6.07) is 28.5. The van der Waals surface area contributed by atoms with Crippen LogP contribution in [0, 0.1) is 5.92 Å². The molecule has 3 nitrogen and oxygen atoms in total. The number of rotatable bonds is 8. The summed E-state index contributed by atoms with van der Waals surface area (Å²) in [4.78, 5) is 2.26. The zero-order valence-electron chi connectivity index (χ0n) is 22.5. The van der Waals surface area contributed by atoms with Crippen LogP contribution in [0.1, 0.15) is 82.1 Å². The van der Waals surface area contributed by atoms with Crippen LogP contribution in [0.3, 0.4) is 0 Å². The molecule has 0 aliphatic carbocycles. The van der Waals surface area contributed by atoms with Gasteiger partial charge in [-0.05, 0) is 59.3 Å². The van der Waals surface area contributed by atoms with Gasteiger partial charge >= 0.3 is 0 Å². The summed E-state index contributed by atoms with van der Waals surface area (Å²) in [6.07, 6.45) is 4.67. The Kier molecular flexibility index (Phi) is 8.04. The largest absolute Gasteiger partial charge is 0.380 e. The standard InChI is InChI=1S/C33H43NO2/c1-26(33(36,29-14-8-5-9-15-29)30-16-10-6-11-17-30)22-23-32(35,34-24-12-7-13-25-34)28-20-18-27(19-21-28)31(2,3)4/h5-6,8-11,14-21,26,35-36H,7,12-13,22-25H2,1-4H3. The highest BCUT2D eigenvalue weighted by Crippen LogP contribution is 2.42. The second-order valence-electron chi connectivity index (χ2n) is 11.6. The van der Waals surface area contributed by atoms with Gasteiger partial charge in [0.1, 0.15) is 11.3 Å². The zero-order chi connectivity index (χ0) is 25.8. The Balaban J connectivity index is 1.66. The topological polar surface area (TPSA) is 43.7 Å². The van der Waals surface area contributed by atoms with Gasteiger partial charge in [-0.15, -0.1) is 0 Å². The summed E-state index contributed by atoms with van der Waals surface area (Å²) in [7, 11) is 0. The highest BCUT2D eigenvalue weighted by atomic mass is 16.3. The van der Waals surface area contributed by atoms with E-state index >= 15 is 0 Å².